The number of carbonyl (C=O) groups excluding carboxylic acids is 1. The van der Waals surface area contributed by atoms with E-state index in [2.05, 4.69) is 32.7 Å². The lowest BCUT2D eigenvalue weighted by atomic mass is 10.1. The van der Waals surface area contributed by atoms with Crippen molar-refractivity contribution in [3.8, 4) is 0 Å². The molecule has 6 heteroatoms. The molecule has 1 fully saturated rings. The lowest BCUT2D eigenvalue weighted by molar-refractivity contribution is 0.102. The average Bonchev–Trinajstić information content (AvgIpc) is 3.31. The van der Waals surface area contributed by atoms with Crippen molar-refractivity contribution in [1.82, 2.24) is 15.0 Å². The third-order valence-corrected chi connectivity index (χ3v) is 4.67. The number of carbonyl (C=O) groups is 1. The molecule has 3 aromatic rings. The maximum absolute atomic E-state index is 12.5. The highest BCUT2D eigenvalue weighted by Gasteiger charge is 2.13. The van der Waals surface area contributed by atoms with E-state index in [1.807, 2.05) is 35.9 Å². The number of fused-ring (bicyclic) bond motifs is 1. The first kappa shape index (κ1) is 15.6. The van der Waals surface area contributed by atoms with E-state index in [9.17, 15) is 4.79 Å². The summed E-state index contributed by atoms with van der Waals surface area (Å²) in [5.41, 5.74) is 4.27. The van der Waals surface area contributed by atoms with E-state index in [1.54, 1.807) is 6.07 Å². The Labute approximate surface area is 146 Å². The van der Waals surface area contributed by atoms with Crippen LogP contribution >= 0.6 is 0 Å². The molecule has 0 spiro atoms. The van der Waals surface area contributed by atoms with Gasteiger partial charge in [0.1, 0.15) is 5.52 Å². The summed E-state index contributed by atoms with van der Waals surface area (Å²) in [4.78, 5) is 14.9. The van der Waals surface area contributed by atoms with Gasteiger partial charge in [0.15, 0.2) is 0 Å². The minimum Gasteiger partial charge on any atom is -0.372 e. The van der Waals surface area contributed by atoms with Gasteiger partial charge in [-0.1, -0.05) is 5.21 Å². The zero-order valence-corrected chi connectivity index (χ0v) is 14.3. The van der Waals surface area contributed by atoms with Crippen LogP contribution < -0.4 is 10.2 Å². The van der Waals surface area contributed by atoms with Gasteiger partial charge in [0.2, 0.25) is 0 Å². The van der Waals surface area contributed by atoms with Crippen LogP contribution in [0.4, 0.5) is 11.4 Å². The van der Waals surface area contributed by atoms with Crippen LogP contribution in [0, 0.1) is 0 Å². The standard InChI is InChI=1S/C19H21N5O/c1-2-24-18-10-5-14(13-17(18)21-22-24)19(25)20-15-6-8-16(9-7-15)23-11-3-4-12-23/h5-10,13H,2-4,11-12H2,1H3,(H,20,25). The largest absolute Gasteiger partial charge is 0.372 e. The van der Waals surface area contributed by atoms with Crippen LogP contribution in [0.3, 0.4) is 0 Å². The molecule has 128 valence electrons. The van der Waals surface area contributed by atoms with Gasteiger partial charge in [-0.15, -0.1) is 5.10 Å². The highest BCUT2D eigenvalue weighted by Crippen LogP contribution is 2.22. The smallest absolute Gasteiger partial charge is 0.255 e. The first-order chi connectivity index (χ1) is 12.2. The number of amides is 1. The number of hydrogen-bond acceptors (Lipinski definition) is 4. The van der Waals surface area contributed by atoms with E-state index in [-0.39, 0.29) is 5.91 Å². The van der Waals surface area contributed by atoms with Crippen LogP contribution in [-0.4, -0.2) is 34.0 Å². The van der Waals surface area contributed by atoms with Gasteiger partial charge in [-0.2, -0.15) is 0 Å². The molecule has 25 heavy (non-hydrogen) atoms. The van der Waals surface area contributed by atoms with E-state index >= 15 is 0 Å². The highest BCUT2D eigenvalue weighted by molar-refractivity contribution is 6.05. The summed E-state index contributed by atoms with van der Waals surface area (Å²) in [7, 11) is 0. The lowest BCUT2D eigenvalue weighted by Crippen LogP contribution is -2.17. The van der Waals surface area contributed by atoms with E-state index in [4.69, 9.17) is 0 Å². The van der Waals surface area contributed by atoms with Crippen LogP contribution in [0.15, 0.2) is 42.5 Å². The molecule has 0 unspecified atom stereocenters. The molecule has 2 heterocycles. The molecule has 0 radical (unpaired) electrons. The summed E-state index contributed by atoms with van der Waals surface area (Å²) < 4.78 is 1.81. The summed E-state index contributed by atoms with van der Waals surface area (Å²) in [6, 6.07) is 13.5. The summed E-state index contributed by atoms with van der Waals surface area (Å²) in [6.45, 7) is 5.00. The van der Waals surface area contributed by atoms with Crippen molar-refractivity contribution in [2.45, 2.75) is 26.3 Å². The Bertz CT molecular complexity index is 894. The SMILES string of the molecule is CCn1nnc2cc(C(=O)Nc3ccc(N4CCCC4)cc3)ccc21. The Morgan fingerprint density at radius 2 is 1.88 bits per heavy atom. The van der Waals surface area contributed by atoms with Crippen LogP contribution in [0.2, 0.25) is 0 Å². The van der Waals surface area contributed by atoms with Crippen molar-refractivity contribution >= 4 is 28.3 Å². The molecule has 0 saturated carbocycles. The monoisotopic (exact) mass is 335 g/mol. The molecule has 1 saturated heterocycles. The predicted molar refractivity (Wildman–Crippen MR) is 99.0 cm³/mol. The molecular weight excluding hydrogens is 314 g/mol. The third kappa shape index (κ3) is 3.07. The van der Waals surface area contributed by atoms with Crippen molar-refractivity contribution in [2.75, 3.05) is 23.3 Å². The van der Waals surface area contributed by atoms with Gasteiger partial charge in [-0.3, -0.25) is 4.79 Å². The predicted octanol–water partition coefficient (Wildman–Crippen LogP) is 3.30. The van der Waals surface area contributed by atoms with Crippen molar-refractivity contribution in [2.24, 2.45) is 0 Å². The first-order valence-corrected chi connectivity index (χ1v) is 8.74. The number of hydrogen-bond donors (Lipinski definition) is 1. The van der Waals surface area contributed by atoms with E-state index in [0.29, 0.717) is 5.56 Å². The number of benzene rings is 2. The Balaban J connectivity index is 1.49. The molecule has 4 rings (SSSR count). The van der Waals surface area contributed by atoms with Crippen LogP contribution in [-0.2, 0) is 6.54 Å². The molecule has 1 aromatic heterocycles. The minimum absolute atomic E-state index is 0.137. The molecular formula is C19H21N5O. The summed E-state index contributed by atoms with van der Waals surface area (Å²) in [6.07, 6.45) is 2.51. The fourth-order valence-corrected chi connectivity index (χ4v) is 3.28. The zero-order valence-electron chi connectivity index (χ0n) is 14.3. The molecule has 1 aliphatic rings. The van der Waals surface area contributed by atoms with Gasteiger partial charge < -0.3 is 10.2 Å². The van der Waals surface area contributed by atoms with E-state index < -0.39 is 0 Å². The van der Waals surface area contributed by atoms with E-state index in [0.717, 1.165) is 36.4 Å². The fourth-order valence-electron chi connectivity index (χ4n) is 3.28. The zero-order chi connectivity index (χ0) is 17.2. The molecule has 0 atom stereocenters. The van der Waals surface area contributed by atoms with Crippen LogP contribution in [0.5, 0.6) is 0 Å². The Morgan fingerprint density at radius 3 is 2.60 bits per heavy atom. The van der Waals surface area contributed by atoms with Gasteiger partial charge in [0.05, 0.1) is 5.52 Å². The topological polar surface area (TPSA) is 63.1 Å². The number of aromatic nitrogens is 3. The maximum Gasteiger partial charge on any atom is 0.255 e. The van der Waals surface area contributed by atoms with Crippen LogP contribution in [0.1, 0.15) is 30.1 Å². The Morgan fingerprint density at radius 1 is 1.12 bits per heavy atom. The Hall–Kier alpha value is -2.89. The second-order valence-corrected chi connectivity index (χ2v) is 6.30. The number of anilines is 2. The maximum atomic E-state index is 12.5. The van der Waals surface area contributed by atoms with Crippen LogP contribution in [0.25, 0.3) is 11.0 Å². The quantitative estimate of drug-likeness (QED) is 0.794. The number of aryl methyl sites for hydroxylation is 1. The molecule has 0 aliphatic carbocycles. The van der Waals surface area contributed by atoms with Gasteiger partial charge in [0, 0.05) is 36.6 Å². The van der Waals surface area contributed by atoms with Gasteiger partial charge in [-0.05, 0) is 62.2 Å². The summed E-state index contributed by atoms with van der Waals surface area (Å²) in [5.74, 6) is -0.137. The average molecular weight is 335 g/mol. The Kier molecular flexibility index (Phi) is 4.09. The summed E-state index contributed by atoms with van der Waals surface area (Å²) in [5, 5.41) is 11.1. The number of nitrogens with one attached hydrogen (secondary N) is 1. The number of rotatable bonds is 4. The normalized spacial score (nSPS) is 14.2. The second-order valence-electron chi connectivity index (χ2n) is 6.30. The van der Waals surface area contributed by atoms with Crippen molar-refractivity contribution in [1.29, 1.82) is 0 Å². The van der Waals surface area contributed by atoms with Gasteiger partial charge in [-0.25, -0.2) is 4.68 Å². The van der Waals surface area contributed by atoms with Crippen molar-refractivity contribution < 1.29 is 4.79 Å². The van der Waals surface area contributed by atoms with Crippen molar-refractivity contribution in [3.05, 3.63) is 48.0 Å². The number of nitrogens with zero attached hydrogens (tertiary/aromatic N) is 4. The van der Waals surface area contributed by atoms with Crippen molar-refractivity contribution in [3.63, 3.8) is 0 Å². The summed E-state index contributed by atoms with van der Waals surface area (Å²) >= 11 is 0. The van der Waals surface area contributed by atoms with Gasteiger partial charge in [0.25, 0.3) is 5.91 Å². The second kappa shape index (κ2) is 6.55. The lowest BCUT2D eigenvalue weighted by Gasteiger charge is -2.17. The van der Waals surface area contributed by atoms with E-state index in [1.165, 1.54) is 18.5 Å². The molecule has 1 N–H and O–H groups in total. The third-order valence-electron chi connectivity index (χ3n) is 4.67. The first-order valence-electron chi connectivity index (χ1n) is 8.74. The molecule has 0 bridgehead atoms. The van der Waals surface area contributed by atoms with Gasteiger partial charge >= 0.3 is 0 Å². The fraction of sp³-hybridized carbons (Fsp3) is 0.316. The highest BCUT2D eigenvalue weighted by atomic mass is 16.1. The minimum atomic E-state index is -0.137. The molecule has 1 amide bonds. The molecule has 1 aliphatic heterocycles. The molecule has 6 nitrogen and oxygen atoms in total. The molecule has 2 aromatic carbocycles.